The predicted octanol–water partition coefficient (Wildman–Crippen LogP) is 3.02. The van der Waals surface area contributed by atoms with E-state index < -0.39 is 0 Å². The Labute approximate surface area is 119 Å². The number of nitrogens with zero attached hydrogens (tertiary/aromatic N) is 3. The van der Waals surface area contributed by atoms with Crippen molar-refractivity contribution in [2.45, 2.75) is 19.5 Å². The zero-order chi connectivity index (χ0) is 13.1. The van der Waals surface area contributed by atoms with Crippen LogP contribution in [0.5, 0.6) is 0 Å². The van der Waals surface area contributed by atoms with Gasteiger partial charge in [-0.2, -0.15) is 5.10 Å². The normalized spacial score (nSPS) is 12.7. The molecule has 2 rings (SSSR count). The molecule has 0 fully saturated rings. The predicted molar refractivity (Wildman–Crippen MR) is 75.8 cm³/mol. The average Bonchev–Trinajstić information content (AvgIpc) is 2.74. The highest BCUT2D eigenvalue weighted by molar-refractivity contribution is 9.10. The number of aromatic nitrogens is 3. The van der Waals surface area contributed by atoms with Crippen LogP contribution in [0.1, 0.15) is 24.4 Å². The van der Waals surface area contributed by atoms with Crippen molar-refractivity contribution in [2.75, 3.05) is 7.05 Å². The van der Waals surface area contributed by atoms with E-state index in [1.807, 2.05) is 23.9 Å². The fourth-order valence-corrected chi connectivity index (χ4v) is 2.53. The van der Waals surface area contributed by atoms with Crippen molar-refractivity contribution >= 4 is 27.5 Å². The highest BCUT2D eigenvalue weighted by Crippen LogP contribution is 2.27. The third kappa shape index (κ3) is 2.58. The van der Waals surface area contributed by atoms with Gasteiger partial charge in [-0.05, 0) is 42.0 Å². The van der Waals surface area contributed by atoms with E-state index in [4.69, 9.17) is 11.6 Å². The van der Waals surface area contributed by atoms with Crippen LogP contribution in [-0.4, -0.2) is 21.8 Å². The summed E-state index contributed by atoms with van der Waals surface area (Å²) < 4.78 is 2.92. The summed E-state index contributed by atoms with van der Waals surface area (Å²) in [5.41, 5.74) is 1.98. The monoisotopic (exact) mass is 328 g/mol. The Morgan fingerprint density at radius 3 is 2.78 bits per heavy atom. The summed E-state index contributed by atoms with van der Waals surface area (Å²) in [7, 11) is 1.90. The van der Waals surface area contributed by atoms with Gasteiger partial charge in [0.05, 0.1) is 33.1 Å². The first-order valence-electron chi connectivity index (χ1n) is 5.67. The molecule has 1 N–H and O–H groups in total. The zero-order valence-electron chi connectivity index (χ0n) is 10.2. The van der Waals surface area contributed by atoms with Crippen molar-refractivity contribution in [3.63, 3.8) is 0 Å². The van der Waals surface area contributed by atoms with Gasteiger partial charge in [-0.1, -0.05) is 11.6 Å². The first-order valence-corrected chi connectivity index (χ1v) is 6.84. The fraction of sp³-hybridized carbons (Fsp3) is 0.333. The molecule has 6 heteroatoms. The minimum Gasteiger partial charge on any atom is -0.307 e. The summed E-state index contributed by atoms with van der Waals surface area (Å²) in [4.78, 5) is 4.37. The van der Waals surface area contributed by atoms with Crippen LogP contribution in [0, 0.1) is 0 Å². The molecule has 0 bridgehead atoms. The van der Waals surface area contributed by atoms with E-state index in [-0.39, 0.29) is 6.04 Å². The van der Waals surface area contributed by atoms with Crippen LogP contribution in [0.25, 0.3) is 0 Å². The molecule has 2 heterocycles. The third-order valence-corrected chi connectivity index (χ3v) is 3.58. The summed E-state index contributed by atoms with van der Waals surface area (Å²) in [6.45, 7) is 2.87. The summed E-state index contributed by atoms with van der Waals surface area (Å²) in [6.07, 6.45) is 3.46. The molecule has 1 unspecified atom stereocenters. The molecule has 0 aliphatic carbocycles. The summed E-state index contributed by atoms with van der Waals surface area (Å²) in [6, 6.07) is 3.75. The van der Waals surface area contributed by atoms with Gasteiger partial charge in [-0.15, -0.1) is 0 Å². The van der Waals surface area contributed by atoms with Crippen LogP contribution in [0.15, 0.2) is 29.0 Å². The molecule has 0 spiro atoms. The number of rotatable bonds is 4. The lowest BCUT2D eigenvalue weighted by molar-refractivity contribution is 0.554. The van der Waals surface area contributed by atoms with Gasteiger partial charge in [0.15, 0.2) is 0 Å². The Morgan fingerprint density at radius 1 is 1.44 bits per heavy atom. The molecule has 0 amide bonds. The fourth-order valence-electron chi connectivity index (χ4n) is 1.89. The number of aryl methyl sites for hydroxylation is 1. The van der Waals surface area contributed by atoms with Crippen molar-refractivity contribution in [1.82, 2.24) is 20.1 Å². The standard InChI is InChI=1S/C12H14BrClN4/c1-3-18-12(9(13)7-17-18)11(15-2)10-5-4-8(14)6-16-10/h4-7,11,15H,3H2,1-2H3. The first kappa shape index (κ1) is 13.5. The molecule has 4 nitrogen and oxygen atoms in total. The van der Waals surface area contributed by atoms with E-state index in [1.54, 1.807) is 12.4 Å². The van der Waals surface area contributed by atoms with Crippen molar-refractivity contribution in [3.05, 3.63) is 45.4 Å². The number of pyridine rings is 1. The van der Waals surface area contributed by atoms with Crippen LogP contribution in [-0.2, 0) is 6.54 Å². The van der Waals surface area contributed by atoms with Crippen LogP contribution in [0.2, 0.25) is 5.02 Å². The summed E-state index contributed by atoms with van der Waals surface area (Å²) in [5.74, 6) is 0. The molecule has 0 saturated carbocycles. The largest absolute Gasteiger partial charge is 0.307 e. The quantitative estimate of drug-likeness (QED) is 0.937. The molecule has 0 aromatic carbocycles. The average molecular weight is 330 g/mol. The van der Waals surface area contributed by atoms with Gasteiger partial charge in [-0.3, -0.25) is 9.67 Å². The molecule has 1 atom stereocenters. The lowest BCUT2D eigenvalue weighted by Crippen LogP contribution is -2.22. The zero-order valence-corrected chi connectivity index (χ0v) is 12.5. The third-order valence-electron chi connectivity index (χ3n) is 2.74. The molecule has 18 heavy (non-hydrogen) atoms. The molecule has 0 aliphatic heterocycles. The van der Waals surface area contributed by atoms with E-state index in [2.05, 4.69) is 38.3 Å². The topological polar surface area (TPSA) is 42.7 Å². The molecular weight excluding hydrogens is 316 g/mol. The number of hydrogen-bond donors (Lipinski definition) is 1. The number of halogens is 2. The van der Waals surface area contributed by atoms with Gasteiger partial charge in [-0.25, -0.2) is 0 Å². The molecule has 96 valence electrons. The van der Waals surface area contributed by atoms with E-state index in [0.717, 1.165) is 22.4 Å². The van der Waals surface area contributed by atoms with Gasteiger partial charge in [0.1, 0.15) is 0 Å². The minimum absolute atomic E-state index is 0.0147. The maximum Gasteiger partial charge on any atom is 0.0931 e. The lowest BCUT2D eigenvalue weighted by atomic mass is 10.1. The maximum atomic E-state index is 5.86. The lowest BCUT2D eigenvalue weighted by Gasteiger charge is -2.17. The van der Waals surface area contributed by atoms with Gasteiger partial charge in [0.2, 0.25) is 0 Å². The minimum atomic E-state index is -0.0147. The Hall–Kier alpha value is -0.910. The van der Waals surface area contributed by atoms with Gasteiger partial charge in [0.25, 0.3) is 0 Å². The summed E-state index contributed by atoms with van der Waals surface area (Å²) >= 11 is 9.40. The van der Waals surface area contributed by atoms with E-state index >= 15 is 0 Å². The second-order valence-corrected chi connectivity index (χ2v) is 5.11. The molecule has 0 saturated heterocycles. The van der Waals surface area contributed by atoms with Crippen molar-refractivity contribution in [3.8, 4) is 0 Å². The van der Waals surface area contributed by atoms with Crippen LogP contribution in [0.3, 0.4) is 0 Å². The SMILES string of the molecule is CCn1ncc(Br)c1C(NC)c1ccc(Cl)cn1. The van der Waals surface area contributed by atoms with Crippen molar-refractivity contribution < 1.29 is 0 Å². The van der Waals surface area contributed by atoms with Gasteiger partial charge >= 0.3 is 0 Å². The van der Waals surface area contributed by atoms with Crippen LogP contribution < -0.4 is 5.32 Å². The van der Waals surface area contributed by atoms with E-state index in [1.165, 1.54) is 0 Å². The molecular formula is C12H14BrClN4. The highest BCUT2D eigenvalue weighted by atomic mass is 79.9. The highest BCUT2D eigenvalue weighted by Gasteiger charge is 2.20. The number of hydrogen-bond acceptors (Lipinski definition) is 3. The molecule has 2 aromatic rings. The molecule has 0 radical (unpaired) electrons. The molecule has 0 aliphatic rings. The van der Waals surface area contributed by atoms with Gasteiger partial charge in [0, 0.05) is 12.7 Å². The van der Waals surface area contributed by atoms with Crippen LogP contribution >= 0.6 is 27.5 Å². The van der Waals surface area contributed by atoms with Crippen molar-refractivity contribution in [1.29, 1.82) is 0 Å². The Balaban J connectivity index is 2.44. The van der Waals surface area contributed by atoms with E-state index in [9.17, 15) is 0 Å². The second-order valence-electron chi connectivity index (χ2n) is 3.82. The smallest absolute Gasteiger partial charge is 0.0931 e. The Kier molecular flexibility index (Phi) is 4.37. The second kappa shape index (κ2) is 5.82. The first-order chi connectivity index (χ1) is 8.67. The van der Waals surface area contributed by atoms with Crippen LogP contribution in [0.4, 0.5) is 0 Å². The van der Waals surface area contributed by atoms with Gasteiger partial charge < -0.3 is 5.32 Å². The molecule has 2 aromatic heterocycles. The Morgan fingerprint density at radius 2 is 2.22 bits per heavy atom. The van der Waals surface area contributed by atoms with Crippen molar-refractivity contribution in [2.24, 2.45) is 0 Å². The Bertz CT molecular complexity index is 523. The number of nitrogens with one attached hydrogen (secondary N) is 1. The summed E-state index contributed by atoms with van der Waals surface area (Å²) in [5, 5.41) is 8.22. The van der Waals surface area contributed by atoms with E-state index in [0.29, 0.717) is 5.02 Å². The maximum absolute atomic E-state index is 5.86.